The number of aryl methyl sites for hydroxylation is 1. The van der Waals surface area contributed by atoms with Crippen molar-refractivity contribution in [2.75, 3.05) is 6.26 Å². The van der Waals surface area contributed by atoms with Gasteiger partial charge in [0.05, 0.1) is 4.90 Å². The van der Waals surface area contributed by atoms with Crippen molar-refractivity contribution in [3.63, 3.8) is 0 Å². The van der Waals surface area contributed by atoms with Gasteiger partial charge >= 0.3 is 0 Å². The molecule has 0 saturated heterocycles. The highest BCUT2D eigenvalue weighted by atomic mass is 32.2. The molecule has 0 amide bonds. The largest absolute Gasteiger partial charge is 0.241 e. The summed E-state index contributed by atoms with van der Waals surface area (Å²) >= 11 is 0. The Labute approximate surface area is 100 Å². The minimum absolute atomic E-state index is 0.314. The third kappa shape index (κ3) is 2.68. The zero-order chi connectivity index (χ0) is 12.5. The average Bonchev–Trinajstić information content (AvgIpc) is 2.29. The quantitative estimate of drug-likeness (QED) is 0.813. The Kier molecular flexibility index (Phi) is 2.93. The van der Waals surface area contributed by atoms with Gasteiger partial charge < -0.3 is 0 Å². The van der Waals surface area contributed by atoms with Crippen molar-refractivity contribution in [3.8, 4) is 11.1 Å². The highest BCUT2D eigenvalue weighted by molar-refractivity contribution is 7.90. The van der Waals surface area contributed by atoms with Crippen LogP contribution in [-0.4, -0.2) is 24.6 Å². The zero-order valence-corrected chi connectivity index (χ0v) is 10.4. The Morgan fingerprint density at radius 3 is 1.94 bits per heavy atom. The predicted molar refractivity (Wildman–Crippen MR) is 65.3 cm³/mol. The van der Waals surface area contributed by atoms with E-state index >= 15 is 0 Å². The molecule has 4 nitrogen and oxygen atoms in total. The van der Waals surface area contributed by atoms with Gasteiger partial charge in [-0.1, -0.05) is 12.1 Å². The van der Waals surface area contributed by atoms with Crippen LogP contribution >= 0.6 is 0 Å². The third-order valence-electron chi connectivity index (χ3n) is 2.40. The van der Waals surface area contributed by atoms with Crippen molar-refractivity contribution >= 4 is 9.84 Å². The third-order valence-corrected chi connectivity index (χ3v) is 3.53. The van der Waals surface area contributed by atoms with Gasteiger partial charge in [0.25, 0.3) is 0 Å². The maximum absolute atomic E-state index is 11.3. The van der Waals surface area contributed by atoms with Crippen LogP contribution in [-0.2, 0) is 9.84 Å². The van der Waals surface area contributed by atoms with E-state index in [4.69, 9.17) is 0 Å². The lowest BCUT2D eigenvalue weighted by Crippen LogP contribution is -1.96. The second kappa shape index (κ2) is 4.25. The van der Waals surface area contributed by atoms with Gasteiger partial charge in [0, 0.05) is 24.2 Å². The molecule has 0 aliphatic carbocycles. The van der Waals surface area contributed by atoms with Crippen molar-refractivity contribution in [1.82, 2.24) is 9.97 Å². The summed E-state index contributed by atoms with van der Waals surface area (Å²) in [5.74, 6) is 0.710. The number of aromatic nitrogens is 2. The molecular weight excluding hydrogens is 236 g/mol. The second-order valence-electron chi connectivity index (χ2n) is 3.82. The van der Waals surface area contributed by atoms with Gasteiger partial charge in [0.15, 0.2) is 9.84 Å². The number of hydrogen-bond donors (Lipinski definition) is 0. The van der Waals surface area contributed by atoms with Crippen LogP contribution in [0.3, 0.4) is 0 Å². The molecule has 0 saturated carbocycles. The summed E-state index contributed by atoms with van der Waals surface area (Å²) in [5, 5.41) is 0. The highest BCUT2D eigenvalue weighted by Crippen LogP contribution is 2.19. The van der Waals surface area contributed by atoms with E-state index in [2.05, 4.69) is 9.97 Å². The van der Waals surface area contributed by atoms with Crippen LogP contribution in [0.5, 0.6) is 0 Å². The van der Waals surface area contributed by atoms with Crippen LogP contribution in [0.1, 0.15) is 5.82 Å². The zero-order valence-electron chi connectivity index (χ0n) is 9.58. The lowest BCUT2D eigenvalue weighted by molar-refractivity contribution is 0.602. The topological polar surface area (TPSA) is 59.9 Å². The van der Waals surface area contributed by atoms with Crippen molar-refractivity contribution in [2.45, 2.75) is 11.8 Å². The molecule has 2 aromatic rings. The summed E-state index contributed by atoms with van der Waals surface area (Å²) in [6.07, 6.45) is 4.63. The maximum atomic E-state index is 11.3. The second-order valence-corrected chi connectivity index (χ2v) is 5.83. The molecule has 0 bridgehead atoms. The fourth-order valence-electron chi connectivity index (χ4n) is 1.44. The van der Waals surface area contributed by atoms with E-state index in [0.29, 0.717) is 10.7 Å². The molecule has 0 aliphatic rings. The van der Waals surface area contributed by atoms with Crippen LogP contribution in [0.25, 0.3) is 11.1 Å². The van der Waals surface area contributed by atoms with E-state index in [0.717, 1.165) is 11.1 Å². The molecule has 0 spiro atoms. The first-order chi connectivity index (χ1) is 7.97. The van der Waals surface area contributed by atoms with Crippen molar-refractivity contribution in [2.24, 2.45) is 0 Å². The number of hydrogen-bond acceptors (Lipinski definition) is 4. The molecule has 0 atom stereocenters. The van der Waals surface area contributed by atoms with Gasteiger partial charge in [0.1, 0.15) is 5.82 Å². The van der Waals surface area contributed by atoms with Crippen LogP contribution in [0.15, 0.2) is 41.6 Å². The molecule has 88 valence electrons. The lowest BCUT2D eigenvalue weighted by Gasteiger charge is -2.02. The van der Waals surface area contributed by atoms with Gasteiger partial charge in [-0.05, 0) is 24.6 Å². The molecule has 0 radical (unpaired) electrons. The molecule has 1 aromatic carbocycles. The van der Waals surface area contributed by atoms with E-state index in [9.17, 15) is 8.42 Å². The standard InChI is InChI=1S/C12H12N2O2S/c1-9-13-7-11(8-14-9)10-3-5-12(6-4-10)17(2,15)16/h3-8H,1-2H3. The number of rotatable bonds is 2. The Balaban J connectivity index is 2.39. The summed E-state index contributed by atoms with van der Waals surface area (Å²) in [5.41, 5.74) is 1.77. The minimum Gasteiger partial charge on any atom is -0.241 e. The van der Waals surface area contributed by atoms with Crippen LogP contribution < -0.4 is 0 Å². The number of nitrogens with zero attached hydrogens (tertiary/aromatic N) is 2. The Morgan fingerprint density at radius 2 is 1.47 bits per heavy atom. The Morgan fingerprint density at radius 1 is 0.941 bits per heavy atom. The van der Waals surface area contributed by atoms with Gasteiger partial charge in [-0.25, -0.2) is 18.4 Å². The average molecular weight is 248 g/mol. The van der Waals surface area contributed by atoms with Crippen molar-refractivity contribution in [1.29, 1.82) is 0 Å². The van der Waals surface area contributed by atoms with Crippen molar-refractivity contribution < 1.29 is 8.42 Å². The first-order valence-electron chi connectivity index (χ1n) is 5.06. The van der Waals surface area contributed by atoms with Gasteiger partial charge in [-0.3, -0.25) is 0 Å². The summed E-state index contributed by atoms with van der Waals surface area (Å²) in [6, 6.07) is 6.68. The van der Waals surface area contributed by atoms with E-state index in [1.165, 1.54) is 6.26 Å². The molecule has 0 unspecified atom stereocenters. The summed E-state index contributed by atoms with van der Waals surface area (Å²) < 4.78 is 22.6. The van der Waals surface area contributed by atoms with Gasteiger partial charge in [0.2, 0.25) is 0 Å². The molecule has 2 rings (SSSR count). The molecule has 0 aliphatic heterocycles. The predicted octanol–water partition coefficient (Wildman–Crippen LogP) is 1.86. The summed E-state index contributed by atoms with van der Waals surface area (Å²) in [7, 11) is -3.14. The fourth-order valence-corrected chi connectivity index (χ4v) is 2.07. The number of sulfone groups is 1. The molecule has 1 heterocycles. The summed E-state index contributed by atoms with van der Waals surface area (Å²) in [6.45, 7) is 1.82. The molecule has 0 N–H and O–H groups in total. The molecule has 1 aromatic heterocycles. The van der Waals surface area contributed by atoms with Crippen LogP contribution in [0.4, 0.5) is 0 Å². The van der Waals surface area contributed by atoms with E-state index in [-0.39, 0.29) is 0 Å². The normalized spacial score (nSPS) is 11.4. The Hall–Kier alpha value is -1.75. The highest BCUT2D eigenvalue weighted by Gasteiger charge is 2.06. The lowest BCUT2D eigenvalue weighted by atomic mass is 10.1. The first kappa shape index (κ1) is 11.7. The Bertz CT molecular complexity index is 617. The SMILES string of the molecule is Cc1ncc(-c2ccc(S(C)(=O)=O)cc2)cn1. The molecule has 5 heteroatoms. The van der Waals surface area contributed by atoms with Gasteiger partial charge in [-0.15, -0.1) is 0 Å². The summed E-state index contributed by atoms with van der Waals surface area (Å²) in [4.78, 5) is 8.51. The van der Waals surface area contributed by atoms with Crippen LogP contribution in [0.2, 0.25) is 0 Å². The molecular formula is C12H12N2O2S. The monoisotopic (exact) mass is 248 g/mol. The van der Waals surface area contributed by atoms with Crippen molar-refractivity contribution in [3.05, 3.63) is 42.5 Å². The van der Waals surface area contributed by atoms with E-state index in [1.54, 1.807) is 36.7 Å². The fraction of sp³-hybridized carbons (Fsp3) is 0.167. The first-order valence-corrected chi connectivity index (χ1v) is 6.95. The van der Waals surface area contributed by atoms with Crippen LogP contribution in [0, 0.1) is 6.92 Å². The van der Waals surface area contributed by atoms with Gasteiger partial charge in [-0.2, -0.15) is 0 Å². The molecule has 17 heavy (non-hydrogen) atoms. The number of benzene rings is 1. The molecule has 0 fully saturated rings. The maximum Gasteiger partial charge on any atom is 0.175 e. The van der Waals surface area contributed by atoms with E-state index < -0.39 is 9.84 Å². The minimum atomic E-state index is -3.14. The smallest absolute Gasteiger partial charge is 0.175 e. The van der Waals surface area contributed by atoms with E-state index in [1.807, 2.05) is 6.92 Å².